The maximum atomic E-state index is 13.9. The van der Waals surface area contributed by atoms with E-state index in [1.807, 2.05) is 30.3 Å². The molecule has 0 heterocycles. The number of phenolic OH excluding ortho intramolecular Hbond substituents is 1. The number of aliphatic hydroxyl groups excluding tert-OH is 1. The monoisotopic (exact) mass is 585 g/mol. The average Bonchev–Trinajstić information content (AvgIpc) is 2.96. The molecule has 7 atom stereocenters. The van der Waals surface area contributed by atoms with Gasteiger partial charge in [0.25, 0.3) is 0 Å². The summed E-state index contributed by atoms with van der Waals surface area (Å²) in [4.78, 5) is 78.1. The number of hydrogen-bond donors (Lipinski definition) is 6. The summed E-state index contributed by atoms with van der Waals surface area (Å²) in [7, 11) is 0. The third-order valence-electron chi connectivity index (χ3n) is 9.14. The van der Waals surface area contributed by atoms with Crippen molar-refractivity contribution < 1.29 is 44.1 Å². The number of nitrogens with one attached hydrogen (secondary N) is 2. The van der Waals surface area contributed by atoms with Crippen molar-refractivity contribution in [2.24, 2.45) is 29.4 Å². The van der Waals surface area contributed by atoms with Crippen molar-refractivity contribution in [3.05, 3.63) is 65.7 Å². The number of primary amides is 1. The Kier molecular flexibility index (Phi) is 6.44. The second-order valence-electron chi connectivity index (χ2n) is 11.3. The van der Waals surface area contributed by atoms with Crippen LogP contribution in [0.2, 0.25) is 0 Å². The van der Waals surface area contributed by atoms with Crippen LogP contribution in [0.1, 0.15) is 35.2 Å². The van der Waals surface area contributed by atoms with Crippen LogP contribution in [0, 0.1) is 23.7 Å². The molecule has 220 valence electrons. The fraction of sp³-hybridized carbons (Fsp3) is 0.290. The van der Waals surface area contributed by atoms with Crippen molar-refractivity contribution in [3.8, 4) is 5.75 Å². The zero-order valence-electron chi connectivity index (χ0n) is 22.7. The maximum Gasteiger partial charge on any atom is 0.323 e. The predicted molar refractivity (Wildman–Crippen MR) is 151 cm³/mol. The van der Waals surface area contributed by atoms with E-state index in [-0.39, 0.29) is 16.8 Å². The highest BCUT2D eigenvalue weighted by Gasteiger charge is 2.69. The molecule has 3 aliphatic rings. The zero-order valence-corrected chi connectivity index (χ0v) is 22.7. The van der Waals surface area contributed by atoms with E-state index < -0.39 is 88.5 Å². The number of urea groups is 1. The molecule has 0 spiro atoms. The minimum Gasteiger partial charge on any atom is -0.505 e. The van der Waals surface area contributed by atoms with E-state index in [1.165, 1.54) is 12.1 Å². The molecule has 2 unspecified atom stereocenters. The number of phenols is 1. The highest BCUT2D eigenvalue weighted by atomic mass is 16.3. The lowest BCUT2D eigenvalue weighted by Gasteiger charge is -2.52. The Balaban J connectivity index is 1.34. The number of aromatic hydroxyl groups is 1. The summed E-state index contributed by atoms with van der Waals surface area (Å²) in [6.45, 7) is 1.60. The molecular weight excluding hydrogens is 558 g/mol. The van der Waals surface area contributed by atoms with Crippen LogP contribution in [-0.4, -0.2) is 62.1 Å². The number of nitrogens with two attached hydrogens (primary N) is 1. The van der Waals surface area contributed by atoms with Crippen LogP contribution < -0.4 is 16.4 Å². The molecule has 3 amide bonds. The van der Waals surface area contributed by atoms with Crippen molar-refractivity contribution >= 4 is 57.2 Å². The van der Waals surface area contributed by atoms with Crippen LogP contribution >= 0.6 is 0 Å². The molecule has 3 aromatic carbocycles. The van der Waals surface area contributed by atoms with E-state index in [9.17, 15) is 44.1 Å². The third-order valence-corrected chi connectivity index (χ3v) is 9.14. The lowest BCUT2D eigenvalue weighted by Crippen LogP contribution is -2.72. The van der Waals surface area contributed by atoms with Crippen molar-refractivity contribution in [1.29, 1.82) is 0 Å². The Labute approximate surface area is 243 Å². The van der Waals surface area contributed by atoms with Crippen molar-refractivity contribution in [2.45, 2.75) is 31.0 Å². The van der Waals surface area contributed by atoms with Gasteiger partial charge in [0.05, 0.1) is 29.0 Å². The van der Waals surface area contributed by atoms with E-state index in [2.05, 4.69) is 10.6 Å². The zero-order chi connectivity index (χ0) is 31.0. The van der Waals surface area contributed by atoms with Gasteiger partial charge in [0.15, 0.2) is 34.7 Å². The Morgan fingerprint density at radius 3 is 2.33 bits per heavy atom. The number of amides is 3. The summed E-state index contributed by atoms with van der Waals surface area (Å²) in [5.74, 6) is -14.0. The van der Waals surface area contributed by atoms with Gasteiger partial charge in [0, 0.05) is 23.6 Å². The Bertz CT molecular complexity index is 1780. The molecule has 0 aliphatic heterocycles. The summed E-state index contributed by atoms with van der Waals surface area (Å²) < 4.78 is 0. The average molecular weight is 586 g/mol. The minimum atomic E-state index is -3.01. The van der Waals surface area contributed by atoms with Crippen molar-refractivity contribution in [3.63, 3.8) is 0 Å². The molecule has 12 nitrogen and oxygen atoms in total. The number of anilines is 2. The fourth-order valence-electron chi connectivity index (χ4n) is 7.07. The van der Waals surface area contributed by atoms with Crippen LogP contribution in [0.15, 0.2) is 54.6 Å². The first-order valence-corrected chi connectivity index (χ1v) is 13.6. The second-order valence-corrected chi connectivity index (χ2v) is 11.3. The van der Waals surface area contributed by atoms with Gasteiger partial charge in [-0.1, -0.05) is 49.4 Å². The van der Waals surface area contributed by atoms with E-state index in [0.717, 1.165) is 10.8 Å². The molecule has 2 saturated carbocycles. The normalized spacial score (nSPS) is 29.8. The molecule has 0 bridgehead atoms. The third kappa shape index (κ3) is 3.97. The molecule has 0 radical (unpaired) electrons. The summed E-state index contributed by atoms with van der Waals surface area (Å²) in [5, 5.41) is 40.7. The first-order valence-electron chi connectivity index (χ1n) is 13.6. The molecule has 3 aliphatic carbocycles. The van der Waals surface area contributed by atoms with Gasteiger partial charge in [0.2, 0.25) is 5.91 Å². The largest absolute Gasteiger partial charge is 0.505 e. The van der Waals surface area contributed by atoms with E-state index in [4.69, 9.17) is 5.73 Å². The van der Waals surface area contributed by atoms with Gasteiger partial charge >= 0.3 is 6.03 Å². The summed E-state index contributed by atoms with van der Waals surface area (Å²) in [6.07, 6.45) is -2.33. The Morgan fingerprint density at radius 2 is 1.60 bits per heavy atom. The van der Waals surface area contributed by atoms with Gasteiger partial charge in [-0.15, -0.1) is 0 Å². The fourth-order valence-corrected chi connectivity index (χ4v) is 7.07. The topological polar surface area (TPSA) is 213 Å². The summed E-state index contributed by atoms with van der Waals surface area (Å²) in [6, 6.07) is 14.8. The Hall–Kier alpha value is -4.94. The van der Waals surface area contributed by atoms with Gasteiger partial charge in [-0.3, -0.25) is 24.0 Å². The lowest BCUT2D eigenvalue weighted by molar-refractivity contribution is -0.189. The maximum absolute atomic E-state index is 13.9. The van der Waals surface area contributed by atoms with Gasteiger partial charge in [-0.25, -0.2) is 4.79 Å². The number of carbonyl (C=O) groups excluding carboxylic acids is 6. The standard InChI is InChI=1S/C31H27N3O9/c1-12-14-9-10-18(34-30(42)33-17-8-4-6-13-5-2-3-7-15(13)17)25(37)21(14)26(38)23-20(12)24(36)16-11-19(35)22(29(32)41)27(39)31(16,43)28(23)40/h2-10,12,16,20,22-24,36-37,43H,11H2,1H3,(H2,32,41)(H2,33,34,42)/t12-,16+,20+,22?,23?,24+,31+/m0/s1. The minimum absolute atomic E-state index is 0.149. The number of benzene rings is 3. The SMILES string of the molecule is C[C@H]1c2ccc(NC(=O)Nc3cccc4ccccc34)c(O)c2C(=O)C2C(=O)[C@]3(O)C(=O)C(C(N)=O)C(=O)C[C@@H]3[C@@H](O)[C@@H]21. The number of rotatable bonds is 3. The first kappa shape index (κ1) is 28.2. The summed E-state index contributed by atoms with van der Waals surface area (Å²) >= 11 is 0. The summed E-state index contributed by atoms with van der Waals surface area (Å²) in [5.41, 5.74) is 2.49. The number of ketones is 4. The number of hydrogen-bond acceptors (Lipinski definition) is 9. The molecule has 2 fully saturated rings. The lowest BCUT2D eigenvalue weighted by atomic mass is 9.50. The number of fused-ring (bicyclic) bond motifs is 4. The van der Waals surface area contributed by atoms with Gasteiger partial charge in [0.1, 0.15) is 5.75 Å². The number of Topliss-reactive ketones (excluding diaryl/α,β-unsaturated/α-hetero) is 4. The van der Waals surface area contributed by atoms with E-state index in [1.54, 1.807) is 19.1 Å². The quantitative estimate of drug-likeness (QED) is 0.194. The van der Waals surface area contributed by atoms with Crippen LogP contribution in [0.3, 0.4) is 0 Å². The van der Waals surface area contributed by atoms with Crippen LogP contribution in [0.25, 0.3) is 10.8 Å². The molecule has 0 saturated heterocycles. The Morgan fingerprint density at radius 1 is 0.930 bits per heavy atom. The van der Waals surface area contributed by atoms with E-state index >= 15 is 0 Å². The first-order chi connectivity index (χ1) is 20.4. The molecule has 7 N–H and O–H groups in total. The predicted octanol–water partition coefficient (Wildman–Crippen LogP) is 1.66. The van der Waals surface area contributed by atoms with E-state index in [0.29, 0.717) is 5.69 Å². The van der Waals surface area contributed by atoms with Gasteiger partial charge in [-0.2, -0.15) is 0 Å². The van der Waals surface area contributed by atoms with Crippen molar-refractivity contribution in [1.82, 2.24) is 0 Å². The van der Waals surface area contributed by atoms with Crippen molar-refractivity contribution in [2.75, 3.05) is 10.6 Å². The highest BCUT2D eigenvalue weighted by molar-refractivity contribution is 6.31. The van der Waals surface area contributed by atoms with Crippen LogP contribution in [0.5, 0.6) is 5.75 Å². The van der Waals surface area contributed by atoms with Crippen LogP contribution in [-0.2, 0) is 19.2 Å². The number of carbonyl (C=O) groups is 6. The molecular formula is C31H27N3O9. The number of aliphatic hydroxyl groups is 2. The highest BCUT2D eigenvalue weighted by Crippen LogP contribution is 2.54. The molecule has 12 heteroatoms. The smallest absolute Gasteiger partial charge is 0.323 e. The molecule has 0 aromatic heterocycles. The molecule has 43 heavy (non-hydrogen) atoms. The van der Waals surface area contributed by atoms with Gasteiger partial charge in [-0.05, 0) is 29.0 Å². The molecule has 6 rings (SSSR count). The van der Waals surface area contributed by atoms with Crippen LogP contribution in [0.4, 0.5) is 16.2 Å². The molecule has 3 aromatic rings. The second kappa shape index (κ2) is 9.82. The van der Waals surface area contributed by atoms with Gasteiger partial charge < -0.3 is 31.7 Å².